The molecule has 0 saturated carbocycles. The number of nitriles is 1. The maximum absolute atomic E-state index is 12.5. The van der Waals surface area contributed by atoms with Gasteiger partial charge in [0.25, 0.3) is 0 Å². The van der Waals surface area contributed by atoms with E-state index < -0.39 is 22.1 Å². The molecule has 0 N–H and O–H groups in total. The van der Waals surface area contributed by atoms with E-state index in [0.717, 1.165) is 0 Å². The second kappa shape index (κ2) is 8.78. The van der Waals surface area contributed by atoms with Crippen molar-refractivity contribution in [3.05, 3.63) is 30.3 Å². The van der Waals surface area contributed by atoms with Crippen molar-refractivity contribution in [2.24, 2.45) is 0 Å². The predicted molar refractivity (Wildman–Crippen MR) is 92.2 cm³/mol. The first-order valence-electron chi connectivity index (χ1n) is 8.26. The van der Waals surface area contributed by atoms with E-state index in [9.17, 15) is 18.0 Å². The van der Waals surface area contributed by atoms with E-state index in [2.05, 4.69) is 0 Å². The fourth-order valence-electron chi connectivity index (χ4n) is 2.57. The molecule has 26 heavy (non-hydrogen) atoms. The smallest absolute Gasteiger partial charge is 0.307 e. The zero-order valence-electron chi connectivity index (χ0n) is 14.5. The molecular weight excluding hydrogens is 358 g/mol. The second-order valence-corrected chi connectivity index (χ2v) is 7.80. The van der Waals surface area contributed by atoms with Crippen LogP contribution in [0.5, 0.6) is 0 Å². The molecule has 0 aliphatic carbocycles. The van der Waals surface area contributed by atoms with Gasteiger partial charge in [0.15, 0.2) is 6.10 Å². The lowest BCUT2D eigenvalue weighted by Crippen LogP contribution is -2.50. The van der Waals surface area contributed by atoms with Crippen molar-refractivity contribution in [1.82, 2.24) is 9.21 Å². The Hall–Kier alpha value is -2.44. The molecule has 9 heteroatoms. The summed E-state index contributed by atoms with van der Waals surface area (Å²) in [7, 11) is -3.56. The van der Waals surface area contributed by atoms with Crippen LogP contribution in [-0.2, 0) is 24.3 Å². The number of benzene rings is 1. The molecule has 1 aromatic rings. The van der Waals surface area contributed by atoms with Gasteiger partial charge in [-0.2, -0.15) is 9.57 Å². The van der Waals surface area contributed by atoms with Crippen LogP contribution < -0.4 is 0 Å². The van der Waals surface area contributed by atoms with Gasteiger partial charge in [0, 0.05) is 32.6 Å². The van der Waals surface area contributed by atoms with Gasteiger partial charge in [-0.1, -0.05) is 18.2 Å². The number of hydrogen-bond donors (Lipinski definition) is 0. The summed E-state index contributed by atoms with van der Waals surface area (Å²) in [6.45, 7) is 2.41. The van der Waals surface area contributed by atoms with E-state index in [0.29, 0.717) is 0 Å². The molecular formula is C17H21N3O5S. The number of amides is 1. The summed E-state index contributed by atoms with van der Waals surface area (Å²) in [4.78, 5) is 25.4. The lowest BCUT2D eigenvalue weighted by molar-refractivity contribution is -0.148. The van der Waals surface area contributed by atoms with Crippen molar-refractivity contribution in [2.75, 3.05) is 26.2 Å². The number of piperazine rings is 1. The third kappa shape index (κ3) is 5.03. The summed E-state index contributed by atoms with van der Waals surface area (Å²) < 4.78 is 31.2. The number of rotatable bonds is 6. The highest BCUT2D eigenvalue weighted by molar-refractivity contribution is 7.89. The van der Waals surface area contributed by atoms with E-state index in [-0.39, 0.29) is 49.8 Å². The van der Waals surface area contributed by atoms with Gasteiger partial charge >= 0.3 is 5.97 Å². The number of sulfonamides is 1. The molecule has 1 heterocycles. The number of hydrogen-bond acceptors (Lipinski definition) is 6. The molecule has 140 valence electrons. The lowest BCUT2D eigenvalue weighted by atomic mass is 10.2. The highest BCUT2D eigenvalue weighted by Crippen LogP contribution is 2.17. The van der Waals surface area contributed by atoms with E-state index in [1.54, 1.807) is 36.4 Å². The predicted octanol–water partition coefficient (Wildman–Crippen LogP) is 0.755. The van der Waals surface area contributed by atoms with Crippen LogP contribution in [0.15, 0.2) is 35.2 Å². The maximum atomic E-state index is 12.5. The van der Waals surface area contributed by atoms with Gasteiger partial charge in [0.1, 0.15) is 6.07 Å². The zero-order chi connectivity index (χ0) is 19.2. The average molecular weight is 379 g/mol. The largest absolute Gasteiger partial charge is 0.447 e. The molecule has 0 aromatic heterocycles. The van der Waals surface area contributed by atoms with Crippen molar-refractivity contribution in [2.45, 2.75) is 30.8 Å². The third-order valence-electron chi connectivity index (χ3n) is 4.01. The number of ether oxygens (including phenoxy) is 1. The Morgan fingerprint density at radius 3 is 2.35 bits per heavy atom. The molecule has 1 fully saturated rings. The monoisotopic (exact) mass is 379 g/mol. The molecule has 1 saturated heterocycles. The second-order valence-electron chi connectivity index (χ2n) is 5.86. The normalized spacial score (nSPS) is 16.5. The zero-order valence-corrected chi connectivity index (χ0v) is 15.3. The lowest BCUT2D eigenvalue weighted by Gasteiger charge is -2.34. The van der Waals surface area contributed by atoms with Crippen molar-refractivity contribution in [3.8, 4) is 6.07 Å². The van der Waals surface area contributed by atoms with Crippen LogP contribution in [0.25, 0.3) is 0 Å². The van der Waals surface area contributed by atoms with Crippen LogP contribution >= 0.6 is 0 Å². The molecule has 0 bridgehead atoms. The Morgan fingerprint density at radius 2 is 1.77 bits per heavy atom. The van der Waals surface area contributed by atoms with Gasteiger partial charge in [-0.25, -0.2) is 8.42 Å². The molecule has 2 rings (SSSR count). The fourth-order valence-corrected chi connectivity index (χ4v) is 4.01. The Kier molecular flexibility index (Phi) is 6.71. The molecule has 1 aliphatic heterocycles. The standard InChI is InChI=1S/C17H21N3O5S/c1-14(13-18)25-17(22)8-7-16(21)19-9-11-20(12-10-19)26(23,24)15-5-3-2-4-6-15/h2-6,14H,7-12H2,1H3/t14-/m0/s1. The quantitative estimate of drug-likeness (QED) is 0.675. The van der Waals surface area contributed by atoms with Gasteiger partial charge in [0.05, 0.1) is 11.3 Å². The van der Waals surface area contributed by atoms with E-state index in [4.69, 9.17) is 10.00 Å². The summed E-state index contributed by atoms with van der Waals surface area (Å²) in [5.74, 6) is -0.832. The molecule has 0 spiro atoms. The van der Waals surface area contributed by atoms with Crippen molar-refractivity contribution in [3.63, 3.8) is 0 Å². The Bertz CT molecular complexity index is 780. The first kappa shape index (κ1) is 19.9. The van der Waals surface area contributed by atoms with Crippen LogP contribution in [0.4, 0.5) is 0 Å². The summed E-state index contributed by atoms with van der Waals surface area (Å²) in [6.07, 6.45) is -0.972. The molecule has 0 unspecified atom stereocenters. The number of esters is 1. The Labute approximate surface area is 153 Å². The van der Waals surface area contributed by atoms with Crippen LogP contribution in [-0.4, -0.2) is 61.8 Å². The van der Waals surface area contributed by atoms with Crippen molar-refractivity contribution >= 4 is 21.9 Å². The first-order valence-corrected chi connectivity index (χ1v) is 9.70. The van der Waals surface area contributed by atoms with Crippen LogP contribution in [0.1, 0.15) is 19.8 Å². The van der Waals surface area contributed by atoms with Crippen LogP contribution in [0.2, 0.25) is 0 Å². The fraction of sp³-hybridized carbons (Fsp3) is 0.471. The minimum Gasteiger partial charge on any atom is -0.447 e. The number of carbonyl (C=O) groups is 2. The molecule has 1 aromatic carbocycles. The van der Waals surface area contributed by atoms with Gasteiger partial charge < -0.3 is 9.64 Å². The topological polar surface area (TPSA) is 108 Å². The third-order valence-corrected chi connectivity index (χ3v) is 5.92. The number of carbonyl (C=O) groups excluding carboxylic acids is 2. The van der Waals surface area contributed by atoms with E-state index in [1.807, 2.05) is 0 Å². The number of nitrogens with zero attached hydrogens (tertiary/aromatic N) is 3. The van der Waals surface area contributed by atoms with Crippen LogP contribution in [0, 0.1) is 11.3 Å². The first-order chi connectivity index (χ1) is 12.3. The van der Waals surface area contributed by atoms with E-state index in [1.165, 1.54) is 16.1 Å². The highest BCUT2D eigenvalue weighted by Gasteiger charge is 2.30. The minimum absolute atomic E-state index is 0.0254. The van der Waals surface area contributed by atoms with Gasteiger partial charge in [-0.3, -0.25) is 9.59 Å². The van der Waals surface area contributed by atoms with Crippen molar-refractivity contribution in [1.29, 1.82) is 5.26 Å². The SMILES string of the molecule is C[C@@H](C#N)OC(=O)CCC(=O)N1CCN(S(=O)(=O)c2ccccc2)CC1. The summed E-state index contributed by atoms with van der Waals surface area (Å²) in [5.41, 5.74) is 0. The van der Waals surface area contributed by atoms with E-state index >= 15 is 0 Å². The molecule has 1 aliphatic rings. The summed E-state index contributed by atoms with van der Waals surface area (Å²) in [6, 6.07) is 9.94. The Morgan fingerprint density at radius 1 is 1.15 bits per heavy atom. The molecule has 8 nitrogen and oxygen atoms in total. The van der Waals surface area contributed by atoms with Crippen LogP contribution in [0.3, 0.4) is 0 Å². The minimum atomic E-state index is -3.56. The summed E-state index contributed by atoms with van der Waals surface area (Å²) in [5, 5.41) is 8.58. The maximum Gasteiger partial charge on any atom is 0.307 e. The molecule has 1 amide bonds. The average Bonchev–Trinajstić information content (AvgIpc) is 2.66. The van der Waals surface area contributed by atoms with Gasteiger partial charge in [-0.15, -0.1) is 0 Å². The molecule has 0 radical (unpaired) electrons. The van der Waals surface area contributed by atoms with Gasteiger partial charge in [0.2, 0.25) is 15.9 Å². The molecule has 1 atom stereocenters. The highest BCUT2D eigenvalue weighted by atomic mass is 32.2. The van der Waals surface area contributed by atoms with Gasteiger partial charge in [-0.05, 0) is 19.1 Å². The van der Waals surface area contributed by atoms with Crippen molar-refractivity contribution < 1.29 is 22.7 Å². The Balaban J connectivity index is 1.84. The summed E-state index contributed by atoms with van der Waals surface area (Å²) >= 11 is 0.